The molecule has 0 atom stereocenters. The Labute approximate surface area is 143 Å². The first-order valence-electron chi connectivity index (χ1n) is 7.58. The third kappa shape index (κ3) is 2.88. The van der Waals surface area contributed by atoms with Crippen LogP contribution in [0.1, 0.15) is 17.0 Å². The van der Waals surface area contributed by atoms with E-state index < -0.39 is 0 Å². The number of rotatable bonds is 4. The zero-order valence-corrected chi connectivity index (χ0v) is 13.6. The second-order valence-electron chi connectivity index (χ2n) is 5.35. The van der Waals surface area contributed by atoms with Gasteiger partial charge in [-0.2, -0.15) is 16.9 Å². The van der Waals surface area contributed by atoms with Crippen molar-refractivity contribution in [2.45, 2.75) is 11.5 Å². The molecule has 2 aromatic heterocycles. The fourth-order valence-electron chi connectivity index (χ4n) is 2.60. The molecule has 3 heterocycles. The molecule has 1 aromatic carbocycles. The van der Waals surface area contributed by atoms with Gasteiger partial charge >= 0.3 is 0 Å². The Balaban J connectivity index is 1.63. The van der Waals surface area contributed by atoms with E-state index in [0.29, 0.717) is 5.76 Å². The summed E-state index contributed by atoms with van der Waals surface area (Å²) in [6.45, 7) is 0. The van der Waals surface area contributed by atoms with Crippen LogP contribution in [-0.2, 0) is 16.3 Å². The number of para-hydroxylation sites is 1. The van der Waals surface area contributed by atoms with Gasteiger partial charge in [0.1, 0.15) is 11.6 Å². The number of hydrogen-bond donors (Lipinski definition) is 1. The van der Waals surface area contributed by atoms with Crippen molar-refractivity contribution in [2.75, 3.05) is 5.32 Å². The molecule has 3 aromatic rings. The highest BCUT2D eigenvalue weighted by Gasteiger charge is 2.24. The van der Waals surface area contributed by atoms with Crippen molar-refractivity contribution in [1.29, 1.82) is 0 Å². The van der Waals surface area contributed by atoms with Crippen molar-refractivity contribution < 1.29 is 9.21 Å². The molecule has 0 fully saturated rings. The summed E-state index contributed by atoms with van der Waals surface area (Å²) in [6.07, 6.45) is 4.69. The third-order valence-corrected chi connectivity index (χ3v) is 4.71. The molecule has 5 nitrogen and oxygen atoms in total. The maximum Gasteiger partial charge on any atom is 0.249 e. The second-order valence-corrected chi connectivity index (χ2v) is 6.34. The first kappa shape index (κ1) is 14.8. The number of carbonyl (C=O) groups is 1. The summed E-state index contributed by atoms with van der Waals surface area (Å²) in [6, 6.07) is 13.4. The Hall–Kier alpha value is -2.73. The summed E-state index contributed by atoms with van der Waals surface area (Å²) in [5.74, 6) is 2.92. The van der Waals surface area contributed by atoms with Crippen LogP contribution in [0.5, 0.6) is 0 Å². The van der Waals surface area contributed by atoms with Crippen LogP contribution in [0, 0.1) is 0 Å². The first-order valence-corrected chi connectivity index (χ1v) is 8.73. The number of thioether (sulfide) groups is 1. The zero-order chi connectivity index (χ0) is 16.4. The lowest BCUT2D eigenvalue weighted by Gasteiger charge is -2.09. The van der Waals surface area contributed by atoms with Crippen molar-refractivity contribution in [3.63, 3.8) is 0 Å². The molecule has 1 amide bonds. The van der Waals surface area contributed by atoms with Gasteiger partial charge in [0.25, 0.3) is 0 Å². The van der Waals surface area contributed by atoms with E-state index in [0.717, 1.165) is 34.3 Å². The zero-order valence-electron chi connectivity index (χ0n) is 12.8. The van der Waals surface area contributed by atoms with Gasteiger partial charge in [0, 0.05) is 23.1 Å². The molecule has 0 bridgehead atoms. The lowest BCUT2D eigenvalue weighted by molar-refractivity contribution is -0.111. The fourth-order valence-corrected chi connectivity index (χ4v) is 3.63. The van der Waals surface area contributed by atoms with Crippen LogP contribution >= 0.6 is 11.8 Å². The van der Waals surface area contributed by atoms with Gasteiger partial charge in [-0.1, -0.05) is 18.2 Å². The average molecular weight is 337 g/mol. The number of benzene rings is 1. The third-order valence-electron chi connectivity index (χ3n) is 3.74. The Morgan fingerprint density at radius 2 is 2.08 bits per heavy atom. The molecule has 120 valence electrons. The Morgan fingerprint density at radius 1 is 1.21 bits per heavy atom. The minimum Gasteiger partial charge on any atom is -0.465 e. The maximum atomic E-state index is 12.3. The van der Waals surface area contributed by atoms with Crippen LogP contribution in [0.25, 0.3) is 11.8 Å². The van der Waals surface area contributed by atoms with E-state index in [4.69, 9.17) is 4.42 Å². The summed E-state index contributed by atoms with van der Waals surface area (Å²) >= 11 is 1.81. The van der Waals surface area contributed by atoms with Gasteiger partial charge in [-0.05, 0) is 30.3 Å². The van der Waals surface area contributed by atoms with Gasteiger partial charge in [-0.3, -0.25) is 4.79 Å². The Kier molecular flexibility index (Phi) is 3.96. The largest absolute Gasteiger partial charge is 0.465 e. The number of aromatic nitrogens is 2. The van der Waals surface area contributed by atoms with Gasteiger partial charge < -0.3 is 9.73 Å². The number of nitrogens with zero attached hydrogens (tertiary/aromatic N) is 2. The van der Waals surface area contributed by atoms with Crippen LogP contribution in [0.15, 0.2) is 59.2 Å². The molecule has 0 spiro atoms. The van der Waals surface area contributed by atoms with Crippen LogP contribution in [0.2, 0.25) is 0 Å². The molecule has 0 saturated carbocycles. The highest BCUT2D eigenvalue weighted by molar-refractivity contribution is 7.98. The summed E-state index contributed by atoms with van der Waals surface area (Å²) in [5, 5.41) is 7.63. The minimum absolute atomic E-state index is 0.205. The Morgan fingerprint density at radius 3 is 2.88 bits per heavy atom. The average Bonchev–Trinajstić information content (AvgIpc) is 3.33. The number of carbonyl (C=O) groups excluding carboxylic acids is 1. The van der Waals surface area contributed by atoms with Crippen molar-refractivity contribution in [3.05, 3.63) is 71.8 Å². The van der Waals surface area contributed by atoms with E-state index in [-0.39, 0.29) is 5.91 Å². The smallest absolute Gasteiger partial charge is 0.249 e. The normalized spacial score (nSPS) is 13.3. The molecular weight excluding hydrogens is 322 g/mol. The van der Waals surface area contributed by atoms with Crippen molar-refractivity contribution in [3.8, 4) is 5.69 Å². The molecule has 0 aliphatic carbocycles. The summed E-state index contributed by atoms with van der Waals surface area (Å²) in [4.78, 5) is 12.3. The van der Waals surface area contributed by atoms with E-state index in [1.165, 1.54) is 6.08 Å². The standard InChI is InChI=1S/C18H15N3O2S/c22-17(9-8-14-7-4-10-23-14)19-18-15-11-24-12-16(15)20-21(18)13-5-2-1-3-6-13/h1-10H,11-12H2,(H,19,22). The van der Waals surface area contributed by atoms with Crippen LogP contribution in [0.3, 0.4) is 0 Å². The molecule has 4 rings (SSSR count). The van der Waals surface area contributed by atoms with Crippen molar-refractivity contribution in [2.24, 2.45) is 0 Å². The molecule has 6 heteroatoms. The number of hydrogen-bond acceptors (Lipinski definition) is 4. The molecule has 0 unspecified atom stereocenters. The SMILES string of the molecule is O=C(C=Cc1ccco1)Nc1c2c(nn1-c1ccccc1)CSC2. The lowest BCUT2D eigenvalue weighted by atomic mass is 10.2. The Bertz CT molecular complexity index is 883. The van der Waals surface area contributed by atoms with Crippen LogP contribution in [0.4, 0.5) is 5.82 Å². The molecule has 1 aliphatic rings. The summed E-state index contributed by atoms with van der Waals surface area (Å²) in [5.41, 5.74) is 3.07. The topological polar surface area (TPSA) is 60.1 Å². The number of furan rings is 1. The van der Waals surface area contributed by atoms with Crippen LogP contribution in [-0.4, -0.2) is 15.7 Å². The number of anilines is 1. The molecular formula is C18H15N3O2S. The van der Waals surface area contributed by atoms with Gasteiger partial charge in [-0.25, -0.2) is 4.68 Å². The van der Waals surface area contributed by atoms with Gasteiger partial charge in [-0.15, -0.1) is 0 Å². The molecule has 24 heavy (non-hydrogen) atoms. The highest BCUT2D eigenvalue weighted by Crippen LogP contribution is 2.36. The van der Waals surface area contributed by atoms with Gasteiger partial charge in [0.05, 0.1) is 17.6 Å². The lowest BCUT2D eigenvalue weighted by Crippen LogP contribution is -2.13. The molecule has 1 aliphatic heterocycles. The maximum absolute atomic E-state index is 12.3. The number of nitrogens with one attached hydrogen (secondary N) is 1. The predicted octanol–water partition coefficient (Wildman–Crippen LogP) is 3.86. The van der Waals surface area contributed by atoms with E-state index in [1.807, 2.05) is 35.0 Å². The fraction of sp³-hybridized carbons (Fsp3) is 0.111. The highest BCUT2D eigenvalue weighted by atomic mass is 32.2. The second kappa shape index (κ2) is 6.41. The van der Waals surface area contributed by atoms with E-state index >= 15 is 0 Å². The first-order chi connectivity index (χ1) is 11.8. The van der Waals surface area contributed by atoms with Gasteiger partial charge in [0.15, 0.2) is 0 Å². The van der Waals surface area contributed by atoms with Gasteiger partial charge in [0.2, 0.25) is 5.91 Å². The van der Waals surface area contributed by atoms with Crippen molar-refractivity contribution in [1.82, 2.24) is 9.78 Å². The number of fused-ring (bicyclic) bond motifs is 1. The van der Waals surface area contributed by atoms with E-state index in [1.54, 1.807) is 36.2 Å². The molecule has 0 saturated heterocycles. The van der Waals surface area contributed by atoms with E-state index in [2.05, 4.69) is 10.4 Å². The minimum atomic E-state index is -0.205. The summed E-state index contributed by atoms with van der Waals surface area (Å²) in [7, 11) is 0. The number of amides is 1. The van der Waals surface area contributed by atoms with Crippen LogP contribution < -0.4 is 5.32 Å². The van der Waals surface area contributed by atoms with Crippen molar-refractivity contribution >= 4 is 29.6 Å². The van der Waals surface area contributed by atoms with E-state index in [9.17, 15) is 4.79 Å². The summed E-state index contributed by atoms with van der Waals surface area (Å²) < 4.78 is 7.01. The quantitative estimate of drug-likeness (QED) is 0.734. The molecule has 1 N–H and O–H groups in total. The predicted molar refractivity (Wildman–Crippen MR) is 94.9 cm³/mol. The monoisotopic (exact) mass is 337 g/mol. The molecule has 0 radical (unpaired) electrons.